The molecule has 0 saturated carbocycles. The van der Waals surface area contributed by atoms with Gasteiger partial charge in [0.2, 0.25) is 5.88 Å². The number of ether oxygens (including phenoxy) is 1. The normalized spacial score (nSPS) is 12.1. The van der Waals surface area contributed by atoms with E-state index in [9.17, 15) is 0 Å². The molecule has 0 saturated heterocycles. The summed E-state index contributed by atoms with van der Waals surface area (Å²) >= 11 is 0. The van der Waals surface area contributed by atoms with E-state index in [1.54, 1.807) is 6.20 Å². The van der Waals surface area contributed by atoms with Gasteiger partial charge in [-0.1, -0.05) is 41.5 Å². The summed E-state index contributed by atoms with van der Waals surface area (Å²) in [6.45, 7) is 15.1. The lowest BCUT2D eigenvalue weighted by molar-refractivity contribution is 0.453. The van der Waals surface area contributed by atoms with Crippen LogP contribution in [0.15, 0.2) is 48.8 Å². The molecular formula is C24H29N3O. The molecule has 0 radical (unpaired) electrons. The van der Waals surface area contributed by atoms with E-state index in [0.29, 0.717) is 11.6 Å². The lowest BCUT2D eigenvalue weighted by Gasteiger charge is -2.22. The molecule has 0 aliphatic rings. The molecule has 0 atom stereocenters. The molecule has 0 aromatic carbocycles. The van der Waals surface area contributed by atoms with Crippen molar-refractivity contribution in [2.75, 3.05) is 0 Å². The molecule has 28 heavy (non-hydrogen) atoms. The average molecular weight is 376 g/mol. The number of aryl methyl sites for hydroxylation is 1. The van der Waals surface area contributed by atoms with Crippen LogP contribution in [-0.4, -0.2) is 15.0 Å². The summed E-state index contributed by atoms with van der Waals surface area (Å²) in [5.41, 5.74) is 4.89. The molecule has 4 heteroatoms. The molecule has 4 nitrogen and oxygen atoms in total. The maximum atomic E-state index is 6.10. The van der Waals surface area contributed by atoms with Crippen LogP contribution < -0.4 is 4.74 Å². The van der Waals surface area contributed by atoms with E-state index in [1.165, 1.54) is 5.56 Å². The highest BCUT2D eigenvalue weighted by Gasteiger charge is 2.20. The van der Waals surface area contributed by atoms with Gasteiger partial charge in [0.1, 0.15) is 0 Å². The Morgan fingerprint density at radius 2 is 1.43 bits per heavy atom. The molecule has 0 spiro atoms. The zero-order valence-electron chi connectivity index (χ0n) is 17.9. The zero-order valence-corrected chi connectivity index (χ0v) is 17.9. The molecule has 0 aliphatic carbocycles. The Morgan fingerprint density at radius 3 is 2.07 bits per heavy atom. The first-order chi connectivity index (χ1) is 13.0. The first kappa shape index (κ1) is 20.0. The van der Waals surface area contributed by atoms with Gasteiger partial charge >= 0.3 is 0 Å². The molecule has 0 fully saturated rings. The summed E-state index contributed by atoms with van der Waals surface area (Å²) in [4.78, 5) is 13.6. The lowest BCUT2D eigenvalue weighted by atomic mass is 9.86. The maximum Gasteiger partial charge on any atom is 0.220 e. The van der Waals surface area contributed by atoms with E-state index in [2.05, 4.69) is 69.7 Å². The molecule has 0 unspecified atom stereocenters. The standard InChI is InChI=1S/C24H29N3O/c1-16-21(9-8-11-25-16)28-22-15-18(24(5,6)7)14-20(27-22)19-13-17(10-12-26-19)23(2,3)4/h8-15H,1-7H3. The monoisotopic (exact) mass is 375 g/mol. The highest BCUT2D eigenvalue weighted by Crippen LogP contribution is 2.32. The van der Waals surface area contributed by atoms with Crippen molar-refractivity contribution in [1.82, 2.24) is 15.0 Å². The van der Waals surface area contributed by atoms with E-state index in [0.717, 1.165) is 22.6 Å². The second-order valence-corrected chi connectivity index (χ2v) is 9.20. The van der Waals surface area contributed by atoms with Crippen molar-refractivity contribution in [3.05, 3.63) is 65.6 Å². The highest BCUT2D eigenvalue weighted by molar-refractivity contribution is 5.58. The van der Waals surface area contributed by atoms with Gasteiger partial charge in [-0.2, -0.15) is 0 Å². The second kappa shape index (κ2) is 7.34. The number of nitrogens with zero attached hydrogens (tertiary/aromatic N) is 3. The van der Waals surface area contributed by atoms with E-state index in [-0.39, 0.29) is 10.8 Å². The summed E-state index contributed by atoms with van der Waals surface area (Å²) < 4.78 is 6.10. The number of rotatable bonds is 3. The van der Waals surface area contributed by atoms with Crippen molar-refractivity contribution in [3.8, 4) is 23.0 Å². The van der Waals surface area contributed by atoms with Crippen LogP contribution in [0.3, 0.4) is 0 Å². The Labute approximate surface area is 168 Å². The van der Waals surface area contributed by atoms with Gasteiger partial charge < -0.3 is 4.74 Å². The Bertz CT molecular complexity index is 982. The predicted molar refractivity (Wildman–Crippen MR) is 114 cm³/mol. The Balaban J connectivity index is 2.10. The smallest absolute Gasteiger partial charge is 0.220 e. The van der Waals surface area contributed by atoms with E-state index < -0.39 is 0 Å². The van der Waals surface area contributed by atoms with Gasteiger partial charge in [0, 0.05) is 18.5 Å². The van der Waals surface area contributed by atoms with Crippen LogP contribution in [0.5, 0.6) is 11.6 Å². The minimum Gasteiger partial charge on any atom is -0.437 e. The zero-order chi connectivity index (χ0) is 20.5. The maximum absolute atomic E-state index is 6.10. The third-order valence-corrected chi connectivity index (χ3v) is 4.73. The van der Waals surface area contributed by atoms with Crippen molar-refractivity contribution < 1.29 is 4.74 Å². The SMILES string of the molecule is Cc1ncccc1Oc1cc(C(C)(C)C)cc(-c2cc(C(C)(C)C)ccn2)n1. The van der Waals surface area contributed by atoms with Crippen molar-refractivity contribution in [2.45, 2.75) is 59.3 Å². The molecule has 0 aliphatic heterocycles. The van der Waals surface area contributed by atoms with Crippen molar-refractivity contribution in [1.29, 1.82) is 0 Å². The molecule has 0 amide bonds. The Hall–Kier alpha value is -2.75. The summed E-state index contributed by atoms with van der Waals surface area (Å²) in [6.07, 6.45) is 3.61. The largest absolute Gasteiger partial charge is 0.437 e. The van der Waals surface area contributed by atoms with Crippen LogP contribution >= 0.6 is 0 Å². The molecular weight excluding hydrogens is 346 g/mol. The van der Waals surface area contributed by atoms with Crippen LogP contribution in [0.2, 0.25) is 0 Å². The van der Waals surface area contributed by atoms with Crippen LogP contribution in [0.4, 0.5) is 0 Å². The first-order valence-corrected chi connectivity index (χ1v) is 9.63. The number of hydrogen-bond acceptors (Lipinski definition) is 4. The summed E-state index contributed by atoms with van der Waals surface area (Å²) in [7, 11) is 0. The van der Waals surface area contributed by atoms with E-state index >= 15 is 0 Å². The summed E-state index contributed by atoms with van der Waals surface area (Å²) in [5, 5.41) is 0. The fraction of sp³-hybridized carbons (Fsp3) is 0.375. The summed E-state index contributed by atoms with van der Waals surface area (Å²) in [5.74, 6) is 1.27. The van der Waals surface area contributed by atoms with Crippen molar-refractivity contribution in [3.63, 3.8) is 0 Å². The minimum absolute atomic E-state index is 0.0403. The average Bonchev–Trinajstić information content (AvgIpc) is 2.62. The predicted octanol–water partition coefficient (Wildman–Crippen LogP) is 6.23. The number of pyridine rings is 3. The molecule has 0 N–H and O–H groups in total. The fourth-order valence-electron chi connectivity index (χ4n) is 2.85. The van der Waals surface area contributed by atoms with Gasteiger partial charge in [0.25, 0.3) is 0 Å². The van der Waals surface area contributed by atoms with Gasteiger partial charge in [-0.15, -0.1) is 0 Å². The second-order valence-electron chi connectivity index (χ2n) is 9.20. The van der Waals surface area contributed by atoms with E-state index in [4.69, 9.17) is 9.72 Å². The van der Waals surface area contributed by atoms with E-state index in [1.807, 2.05) is 31.3 Å². The van der Waals surface area contributed by atoms with Crippen LogP contribution in [0.25, 0.3) is 11.4 Å². The molecule has 146 valence electrons. The molecule has 3 aromatic heterocycles. The molecule has 3 heterocycles. The minimum atomic E-state index is -0.0403. The van der Waals surface area contributed by atoms with Gasteiger partial charge in [0.15, 0.2) is 5.75 Å². The third kappa shape index (κ3) is 4.56. The van der Waals surface area contributed by atoms with Crippen LogP contribution in [0, 0.1) is 6.92 Å². The Kier molecular flexibility index (Phi) is 5.24. The Morgan fingerprint density at radius 1 is 0.750 bits per heavy atom. The molecule has 3 aromatic rings. The van der Waals surface area contributed by atoms with Gasteiger partial charge in [-0.3, -0.25) is 9.97 Å². The van der Waals surface area contributed by atoms with Crippen LogP contribution in [0.1, 0.15) is 58.4 Å². The quantitative estimate of drug-likeness (QED) is 0.544. The van der Waals surface area contributed by atoms with Crippen molar-refractivity contribution >= 4 is 0 Å². The van der Waals surface area contributed by atoms with Gasteiger partial charge in [-0.05, 0) is 59.2 Å². The van der Waals surface area contributed by atoms with Gasteiger partial charge in [-0.25, -0.2) is 4.98 Å². The van der Waals surface area contributed by atoms with Crippen LogP contribution in [-0.2, 0) is 10.8 Å². The highest BCUT2D eigenvalue weighted by atomic mass is 16.5. The third-order valence-electron chi connectivity index (χ3n) is 4.73. The first-order valence-electron chi connectivity index (χ1n) is 9.63. The fourth-order valence-corrected chi connectivity index (χ4v) is 2.85. The van der Waals surface area contributed by atoms with Crippen molar-refractivity contribution in [2.24, 2.45) is 0 Å². The molecule has 0 bridgehead atoms. The number of aromatic nitrogens is 3. The number of hydrogen-bond donors (Lipinski definition) is 0. The topological polar surface area (TPSA) is 47.9 Å². The molecule has 3 rings (SSSR count). The van der Waals surface area contributed by atoms with Gasteiger partial charge in [0.05, 0.1) is 17.1 Å². The summed E-state index contributed by atoms with van der Waals surface area (Å²) in [6, 6.07) is 12.1. The lowest BCUT2D eigenvalue weighted by Crippen LogP contribution is -2.13.